The van der Waals surface area contributed by atoms with Gasteiger partial charge in [-0.05, 0) is 37.3 Å². The molecule has 0 N–H and O–H groups in total. The van der Waals surface area contributed by atoms with Crippen LogP contribution in [0.4, 0.5) is 0 Å². The Bertz CT molecular complexity index is 454. The third-order valence-corrected chi connectivity index (χ3v) is 3.51. The van der Waals surface area contributed by atoms with E-state index in [0.29, 0.717) is 11.3 Å². The van der Waals surface area contributed by atoms with E-state index in [9.17, 15) is 4.79 Å². The molecule has 0 amide bonds. The molecule has 0 bridgehead atoms. The number of esters is 1. The first-order valence-corrected chi connectivity index (χ1v) is 6.24. The normalized spacial score (nSPS) is 14.4. The molecule has 0 unspecified atom stereocenters. The lowest BCUT2D eigenvalue weighted by atomic mass is 9.77. The summed E-state index contributed by atoms with van der Waals surface area (Å²) in [5.74, 6) is 0.346. The molecule has 0 heterocycles. The highest BCUT2D eigenvalue weighted by molar-refractivity contribution is 5.90. The predicted molar refractivity (Wildman–Crippen MR) is 76.5 cm³/mol. The maximum absolute atomic E-state index is 12.2. The Morgan fingerprint density at radius 3 is 2.05 bits per heavy atom. The van der Waals surface area contributed by atoms with Crippen LogP contribution in [-0.4, -0.2) is 18.7 Å². The summed E-state index contributed by atoms with van der Waals surface area (Å²) in [7, 11) is 1.59. The molecule has 1 aromatic carbocycles. The van der Waals surface area contributed by atoms with Gasteiger partial charge in [0.15, 0.2) is 0 Å². The molecular formula is C16H22O3. The molecule has 0 fully saturated rings. The molecule has 19 heavy (non-hydrogen) atoms. The number of methoxy groups -OCH3 is 1. The summed E-state index contributed by atoms with van der Waals surface area (Å²) in [5, 5.41) is 0. The van der Waals surface area contributed by atoms with Gasteiger partial charge in [-0.1, -0.05) is 27.4 Å². The highest BCUT2D eigenvalue weighted by Crippen LogP contribution is 2.35. The Balaban J connectivity index is 2.92. The fourth-order valence-corrected chi connectivity index (χ4v) is 1.48. The summed E-state index contributed by atoms with van der Waals surface area (Å²) in [4.78, 5) is 12.2. The fourth-order valence-electron chi connectivity index (χ4n) is 1.48. The van der Waals surface area contributed by atoms with E-state index in [-0.39, 0.29) is 11.4 Å². The molecule has 0 saturated heterocycles. The van der Waals surface area contributed by atoms with Gasteiger partial charge in [0, 0.05) is 5.41 Å². The average Bonchev–Trinajstić information content (AvgIpc) is 2.37. The van der Waals surface area contributed by atoms with Gasteiger partial charge < -0.3 is 9.47 Å². The van der Waals surface area contributed by atoms with Crippen LogP contribution in [0.2, 0.25) is 0 Å². The minimum atomic E-state index is -0.718. The summed E-state index contributed by atoms with van der Waals surface area (Å²) in [6.45, 7) is 11.7. The SMILES string of the molecule is C=C[C@](C)(OC(=O)c1ccc(OC)cc1)C(C)(C)C. The van der Waals surface area contributed by atoms with E-state index in [1.807, 2.05) is 27.7 Å². The van der Waals surface area contributed by atoms with E-state index < -0.39 is 5.60 Å². The van der Waals surface area contributed by atoms with Crippen molar-refractivity contribution < 1.29 is 14.3 Å². The molecule has 0 aliphatic rings. The van der Waals surface area contributed by atoms with Crippen LogP contribution in [0.25, 0.3) is 0 Å². The van der Waals surface area contributed by atoms with Crippen molar-refractivity contribution in [1.82, 2.24) is 0 Å². The minimum absolute atomic E-state index is 0.225. The van der Waals surface area contributed by atoms with Gasteiger partial charge in [-0.25, -0.2) is 4.79 Å². The molecule has 0 saturated carbocycles. The van der Waals surface area contributed by atoms with Crippen molar-refractivity contribution >= 4 is 5.97 Å². The number of hydrogen-bond donors (Lipinski definition) is 0. The van der Waals surface area contributed by atoms with Gasteiger partial charge in [-0.3, -0.25) is 0 Å². The summed E-state index contributed by atoms with van der Waals surface area (Å²) < 4.78 is 10.7. The van der Waals surface area contributed by atoms with E-state index in [0.717, 1.165) is 0 Å². The second-order valence-corrected chi connectivity index (χ2v) is 5.68. The van der Waals surface area contributed by atoms with Crippen LogP contribution in [0.15, 0.2) is 36.9 Å². The Morgan fingerprint density at radius 2 is 1.68 bits per heavy atom. The maximum atomic E-state index is 12.2. The monoisotopic (exact) mass is 262 g/mol. The van der Waals surface area contributed by atoms with Crippen molar-refractivity contribution in [2.45, 2.75) is 33.3 Å². The summed E-state index contributed by atoms with van der Waals surface area (Å²) in [5.41, 5.74) is -0.445. The Hall–Kier alpha value is -1.77. The van der Waals surface area contributed by atoms with Gasteiger partial charge in [0.1, 0.15) is 11.4 Å². The molecular weight excluding hydrogens is 240 g/mol. The zero-order chi connectivity index (χ0) is 14.7. The zero-order valence-corrected chi connectivity index (χ0v) is 12.3. The number of ether oxygens (including phenoxy) is 2. The van der Waals surface area contributed by atoms with Gasteiger partial charge in [-0.2, -0.15) is 0 Å². The second kappa shape index (κ2) is 5.47. The first-order chi connectivity index (χ1) is 8.73. The third kappa shape index (κ3) is 3.37. The number of carbonyl (C=O) groups is 1. The van der Waals surface area contributed by atoms with Crippen molar-refractivity contribution in [2.24, 2.45) is 5.41 Å². The largest absolute Gasteiger partial charge is 0.497 e. The van der Waals surface area contributed by atoms with Crippen LogP contribution in [0.1, 0.15) is 38.1 Å². The van der Waals surface area contributed by atoms with E-state index in [4.69, 9.17) is 9.47 Å². The second-order valence-electron chi connectivity index (χ2n) is 5.68. The van der Waals surface area contributed by atoms with Crippen LogP contribution >= 0.6 is 0 Å². The number of hydrogen-bond acceptors (Lipinski definition) is 3. The standard InChI is InChI=1S/C16H22O3/c1-7-16(5,15(2,3)4)19-14(17)12-8-10-13(18-6)11-9-12/h7-11H,1H2,2-6H3/t16-/m0/s1. The highest BCUT2D eigenvalue weighted by Gasteiger charge is 2.38. The maximum Gasteiger partial charge on any atom is 0.339 e. The van der Waals surface area contributed by atoms with E-state index in [2.05, 4.69) is 6.58 Å². The average molecular weight is 262 g/mol. The third-order valence-electron chi connectivity index (χ3n) is 3.51. The van der Waals surface area contributed by atoms with Crippen molar-refractivity contribution in [3.05, 3.63) is 42.5 Å². The molecule has 0 radical (unpaired) electrons. The molecule has 0 aliphatic heterocycles. The number of carbonyl (C=O) groups excluding carboxylic acids is 1. The molecule has 104 valence electrons. The van der Waals surface area contributed by atoms with Gasteiger partial charge in [0.05, 0.1) is 12.7 Å². The van der Waals surface area contributed by atoms with Crippen LogP contribution in [0.3, 0.4) is 0 Å². The van der Waals surface area contributed by atoms with Crippen LogP contribution in [0.5, 0.6) is 5.75 Å². The van der Waals surface area contributed by atoms with Crippen LogP contribution in [-0.2, 0) is 4.74 Å². The quantitative estimate of drug-likeness (QED) is 0.611. The van der Waals surface area contributed by atoms with E-state index in [1.165, 1.54) is 0 Å². The number of rotatable bonds is 4. The molecule has 0 aliphatic carbocycles. The highest BCUT2D eigenvalue weighted by atomic mass is 16.6. The fraction of sp³-hybridized carbons (Fsp3) is 0.438. The zero-order valence-electron chi connectivity index (χ0n) is 12.3. The minimum Gasteiger partial charge on any atom is -0.497 e. The summed E-state index contributed by atoms with van der Waals surface area (Å²) in [6.07, 6.45) is 1.68. The molecule has 3 nitrogen and oxygen atoms in total. The smallest absolute Gasteiger partial charge is 0.339 e. The molecule has 0 spiro atoms. The lowest BCUT2D eigenvalue weighted by Gasteiger charge is -2.38. The van der Waals surface area contributed by atoms with Crippen LogP contribution < -0.4 is 4.74 Å². The lowest BCUT2D eigenvalue weighted by molar-refractivity contribution is -0.0366. The lowest BCUT2D eigenvalue weighted by Crippen LogP contribution is -2.42. The van der Waals surface area contributed by atoms with Gasteiger partial charge in [-0.15, -0.1) is 0 Å². The van der Waals surface area contributed by atoms with Crippen molar-refractivity contribution in [2.75, 3.05) is 7.11 Å². The van der Waals surface area contributed by atoms with Crippen molar-refractivity contribution in [1.29, 1.82) is 0 Å². The number of benzene rings is 1. The molecule has 0 aromatic heterocycles. The predicted octanol–water partition coefficient (Wildman–Crippen LogP) is 3.84. The molecule has 3 heteroatoms. The Labute approximate surface area is 115 Å². The summed E-state index contributed by atoms with van der Waals surface area (Å²) in [6, 6.07) is 6.85. The summed E-state index contributed by atoms with van der Waals surface area (Å²) >= 11 is 0. The van der Waals surface area contributed by atoms with Crippen molar-refractivity contribution in [3.8, 4) is 5.75 Å². The molecule has 1 atom stereocenters. The molecule has 1 aromatic rings. The van der Waals surface area contributed by atoms with E-state index in [1.54, 1.807) is 37.5 Å². The Morgan fingerprint density at radius 1 is 1.16 bits per heavy atom. The van der Waals surface area contributed by atoms with Gasteiger partial charge >= 0.3 is 5.97 Å². The van der Waals surface area contributed by atoms with Gasteiger partial charge in [0.25, 0.3) is 0 Å². The van der Waals surface area contributed by atoms with Gasteiger partial charge in [0.2, 0.25) is 0 Å². The molecule has 1 rings (SSSR count). The topological polar surface area (TPSA) is 35.5 Å². The Kier molecular flexibility index (Phi) is 4.40. The first kappa shape index (κ1) is 15.3. The van der Waals surface area contributed by atoms with E-state index >= 15 is 0 Å². The van der Waals surface area contributed by atoms with Crippen molar-refractivity contribution in [3.63, 3.8) is 0 Å². The first-order valence-electron chi connectivity index (χ1n) is 6.24. The van der Waals surface area contributed by atoms with Crippen LogP contribution in [0, 0.1) is 5.41 Å².